The number of methoxy groups -OCH3 is 1. The van der Waals surface area contributed by atoms with Gasteiger partial charge in [-0.05, 0) is 44.4 Å². The van der Waals surface area contributed by atoms with Gasteiger partial charge < -0.3 is 19.9 Å². The van der Waals surface area contributed by atoms with Crippen LogP contribution in [0.25, 0.3) is 0 Å². The van der Waals surface area contributed by atoms with Gasteiger partial charge in [0.25, 0.3) is 0 Å². The van der Waals surface area contributed by atoms with Gasteiger partial charge in [-0.25, -0.2) is 4.79 Å². The van der Waals surface area contributed by atoms with E-state index in [2.05, 4.69) is 5.32 Å². The van der Waals surface area contributed by atoms with E-state index < -0.39 is 0 Å². The van der Waals surface area contributed by atoms with Crippen LogP contribution in [0.15, 0.2) is 0 Å². The highest BCUT2D eigenvalue weighted by atomic mass is 16.5. The smallest absolute Gasteiger partial charge is 0.317 e. The number of ether oxygens (including phenoxy) is 1. The molecule has 0 aromatic heterocycles. The van der Waals surface area contributed by atoms with E-state index in [1.165, 1.54) is 0 Å². The largest absolute Gasteiger partial charge is 0.381 e. The van der Waals surface area contributed by atoms with E-state index >= 15 is 0 Å². The molecule has 1 N–H and O–H groups in total. The van der Waals surface area contributed by atoms with Crippen LogP contribution in [-0.2, 0) is 9.53 Å². The molecule has 0 aromatic rings. The molecule has 3 aliphatic rings. The molecule has 22 heavy (non-hydrogen) atoms. The lowest BCUT2D eigenvalue weighted by Gasteiger charge is -2.35. The zero-order valence-corrected chi connectivity index (χ0v) is 13.4. The van der Waals surface area contributed by atoms with Crippen LogP contribution in [0.1, 0.15) is 38.5 Å². The average molecular weight is 309 g/mol. The second-order valence-corrected chi connectivity index (χ2v) is 6.80. The van der Waals surface area contributed by atoms with Crippen LogP contribution < -0.4 is 5.32 Å². The van der Waals surface area contributed by atoms with Crippen LogP contribution in [0.5, 0.6) is 0 Å². The van der Waals surface area contributed by atoms with Crippen molar-refractivity contribution in [2.75, 3.05) is 33.3 Å². The van der Waals surface area contributed by atoms with Gasteiger partial charge in [-0.2, -0.15) is 0 Å². The predicted molar refractivity (Wildman–Crippen MR) is 82.5 cm³/mol. The number of piperazine rings is 1. The third kappa shape index (κ3) is 3.72. The number of hydrogen-bond donors (Lipinski definition) is 1. The monoisotopic (exact) mass is 309 g/mol. The van der Waals surface area contributed by atoms with Gasteiger partial charge in [0.15, 0.2) is 0 Å². The van der Waals surface area contributed by atoms with Crippen molar-refractivity contribution in [3.05, 3.63) is 0 Å². The zero-order valence-electron chi connectivity index (χ0n) is 13.4. The Morgan fingerprint density at radius 3 is 2.50 bits per heavy atom. The number of nitrogens with zero attached hydrogens (tertiary/aromatic N) is 2. The molecule has 0 bridgehead atoms. The first-order chi connectivity index (χ1) is 10.7. The summed E-state index contributed by atoms with van der Waals surface area (Å²) in [4.78, 5) is 27.9. The van der Waals surface area contributed by atoms with Gasteiger partial charge in [0.2, 0.25) is 5.91 Å². The summed E-state index contributed by atoms with van der Waals surface area (Å²) in [7, 11) is 1.77. The molecule has 1 saturated heterocycles. The second-order valence-electron chi connectivity index (χ2n) is 6.80. The Labute approximate surface area is 132 Å². The number of carbonyl (C=O) groups excluding carboxylic acids is 2. The zero-order chi connectivity index (χ0) is 15.5. The molecule has 2 aliphatic carbocycles. The molecular formula is C16H27N3O3. The Morgan fingerprint density at radius 2 is 1.91 bits per heavy atom. The van der Waals surface area contributed by atoms with Crippen molar-refractivity contribution < 1.29 is 14.3 Å². The molecule has 6 heteroatoms. The van der Waals surface area contributed by atoms with Crippen LogP contribution in [0.2, 0.25) is 0 Å². The van der Waals surface area contributed by atoms with E-state index in [1.807, 2.05) is 4.90 Å². The maximum absolute atomic E-state index is 12.2. The van der Waals surface area contributed by atoms with Crippen molar-refractivity contribution in [2.45, 2.75) is 50.7 Å². The van der Waals surface area contributed by atoms with E-state index in [0.29, 0.717) is 37.7 Å². The van der Waals surface area contributed by atoms with Crippen LogP contribution in [-0.4, -0.2) is 67.2 Å². The lowest BCUT2D eigenvalue weighted by Crippen LogP contribution is -2.55. The highest BCUT2D eigenvalue weighted by Gasteiger charge is 2.36. The number of nitrogens with one attached hydrogen (secondary N) is 1. The topological polar surface area (TPSA) is 61.9 Å². The molecule has 0 radical (unpaired) electrons. The summed E-state index contributed by atoms with van der Waals surface area (Å²) in [5.41, 5.74) is 0. The van der Waals surface area contributed by atoms with Crippen LogP contribution in [0.3, 0.4) is 0 Å². The first-order valence-corrected chi connectivity index (χ1v) is 8.52. The average Bonchev–Trinajstić information content (AvgIpc) is 3.37. The van der Waals surface area contributed by atoms with Crippen molar-refractivity contribution in [3.63, 3.8) is 0 Å². The van der Waals surface area contributed by atoms with E-state index in [4.69, 9.17) is 4.74 Å². The summed E-state index contributed by atoms with van der Waals surface area (Å²) in [5.74, 6) is 0.642. The molecule has 3 amide bonds. The standard InChI is InChI=1S/C16H27N3O3/c1-22-14-6-2-12(3-7-14)10-17-16(21)18-8-9-19(13-4-5-13)15(20)11-18/h12-14H,2-11H2,1H3,(H,17,21). The van der Waals surface area contributed by atoms with Crippen LogP contribution in [0, 0.1) is 5.92 Å². The molecule has 124 valence electrons. The molecule has 3 fully saturated rings. The minimum atomic E-state index is -0.0855. The summed E-state index contributed by atoms with van der Waals surface area (Å²) in [5, 5.41) is 3.01. The van der Waals surface area contributed by atoms with Crippen molar-refractivity contribution in [1.29, 1.82) is 0 Å². The quantitative estimate of drug-likeness (QED) is 0.849. The molecule has 1 heterocycles. The predicted octanol–water partition coefficient (Wildman–Crippen LogP) is 1.21. The van der Waals surface area contributed by atoms with Gasteiger partial charge in [-0.3, -0.25) is 4.79 Å². The highest BCUT2D eigenvalue weighted by molar-refractivity contribution is 5.85. The van der Waals surface area contributed by atoms with Crippen LogP contribution >= 0.6 is 0 Å². The third-order valence-electron chi connectivity index (χ3n) is 5.20. The lowest BCUT2D eigenvalue weighted by molar-refractivity contribution is -0.135. The Kier molecular flexibility index (Phi) is 4.86. The minimum absolute atomic E-state index is 0.0855. The number of amides is 3. The molecule has 0 unspecified atom stereocenters. The molecule has 6 nitrogen and oxygen atoms in total. The molecule has 3 rings (SSSR count). The van der Waals surface area contributed by atoms with Crippen molar-refractivity contribution in [3.8, 4) is 0 Å². The third-order valence-corrected chi connectivity index (χ3v) is 5.20. The Morgan fingerprint density at radius 1 is 1.18 bits per heavy atom. The van der Waals surface area contributed by atoms with Gasteiger partial charge in [-0.15, -0.1) is 0 Å². The van der Waals surface area contributed by atoms with Gasteiger partial charge >= 0.3 is 6.03 Å². The van der Waals surface area contributed by atoms with E-state index in [9.17, 15) is 9.59 Å². The fourth-order valence-corrected chi connectivity index (χ4v) is 3.55. The van der Waals surface area contributed by atoms with Crippen molar-refractivity contribution >= 4 is 11.9 Å². The number of rotatable bonds is 4. The molecule has 0 spiro atoms. The minimum Gasteiger partial charge on any atom is -0.381 e. The maximum atomic E-state index is 12.2. The van der Waals surface area contributed by atoms with E-state index in [0.717, 1.165) is 38.5 Å². The summed E-state index contributed by atoms with van der Waals surface area (Å²) in [6, 6.07) is 0.367. The Hall–Kier alpha value is -1.30. The second kappa shape index (κ2) is 6.86. The Bertz CT molecular complexity index is 417. The SMILES string of the molecule is COC1CCC(CNC(=O)N2CCN(C3CC3)C(=O)C2)CC1. The fraction of sp³-hybridized carbons (Fsp3) is 0.875. The summed E-state index contributed by atoms with van der Waals surface area (Å²) >= 11 is 0. The van der Waals surface area contributed by atoms with E-state index in [1.54, 1.807) is 12.0 Å². The summed E-state index contributed by atoms with van der Waals surface area (Å²) in [6.45, 7) is 2.30. The lowest BCUT2D eigenvalue weighted by atomic mass is 9.87. The van der Waals surface area contributed by atoms with Gasteiger partial charge in [-0.1, -0.05) is 0 Å². The van der Waals surface area contributed by atoms with Crippen molar-refractivity contribution in [1.82, 2.24) is 15.1 Å². The maximum Gasteiger partial charge on any atom is 0.317 e. The number of carbonyl (C=O) groups is 2. The summed E-state index contributed by atoms with van der Waals surface area (Å²) < 4.78 is 5.37. The molecule has 0 atom stereocenters. The molecule has 1 aliphatic heterocycles. The van der Waals surface area contributed by atoms with E-state index in [-0.39, 0.29) is 18.5 Å². The molecule has 0 aromatic carbocycles. The van der Waals surface area contributed by atoms with Crippen LogP contribution in [0.4, 0.5) is 4.79 Å². The Balaban J connectivity index is 1.38. The fourth-order valence-electron chi connectivity index (χ4n) is 3.55. The van der Waals surface area contributed by atoms with Crippen molar-refractivity contribution in [2.24, 2.45) is 5.92 Å². The summed E-state index contributed by atoms with van der Waals surface area (Å²) in [6.07, 6.45) is 7.01. The molecule has 2 saturated carbocycles. The van der Waals surface area contributed by atoms with Gasteiger partial charge in [0.1, 0.15) is 6.54 Å². The van der Waals surface area contributed by atoms with Gasteiger partial charge in [0.05, 0.1) is 6.10 Å². The number of urea groups is 1. The number of hydrogen-bond acceptors (Lipinski definition) is 3. The normalized spacial score (nSPS) is 29.6. The highest BCUT2D eigenvalue weighted by Crippen LogP contribution is 2.28. The van der Waals surface area contributed by atoms with Gasteiger partial charge in [0, 0.05) is 32.8 Å². The molecular weight excluding hydrogens is 282 g/mol. The first kappa shape index (κ1) is 15.6. The first-order valence-electron chi connectivity index (χ1n) is 8.52.